The molecule has 2 aromatic heterocycles. The van der Waals surface area contributed by atoms with Crippen molar-refractivity contribution in [2.24, 2.45) is 5.92 Å². The molecular weight excluding hydrogens is 298 g/mol. The molecule has 1 N–H and O–H groups in total. The summed E-state index contributed by atoms with van der Waals surface area (Å²) in [6, 6.07) is 2.11. The first-order valence-corrected chi connectivity index (χ1v) is 7.80. The van der Waals surface area contributed by atoms with Gasteiger partial charge in [-0.05, 0) is 26.2 Å². The minimum Gasteiger partial charge on any atom is -0.364 e. The Hall–Kier alpha value is -1.49. The monoisotopic (exact) mass is 325 g/mol. The van der Waals surface area contributed by atoms with Gasteiger partial charge in [-0.15, -0.1) is 12.4 Å². The standard InChI is InChI=1S/C16H27N5.ClH/c1-6-7-20-11-15(14(5)18-20)9-17-16-8-13(4)21(19-16)10-12(2)3;/h8,11-12H,6-7,9-10H2,1-5H3,(H,17,19);1H. The highest BCUT2D eigenvalue weighted by atomic mass is 35.5. The van der Waals surface area contributed by atoms with Gasteiger partial charge in [-0.1, -0.05) is 20.8 Å². The van der Waals surface area contributed by atoms with Gasteiger partial charge in [0, 0.05) is 43.2 Å². The summed E-state index contributed by atoms with van der Waals surface area (Å²) < 4.78 is 4.09. The molecule has 22 heavy (non-hydrogen) atoms. The molecule has 0 atom stereocenters. The maximum atomic E-state index is 4.62. The van der Waals surface area contributed by atoms with Gasteiger partial charge in [0.15, 0.2) is 0 Å². The van der Waals surface area contributed by atoms with E-state index >= 15 is 0 Å². The summed E-state index contributed by atoms with van der Waals surface area (Å²) in [5.74, 6) is 1.54. The highest BCUT2D eigenvalue weighted by Gasteiger charge is 2.08. The van der Waals surface area contributed by atoms with E-state index in [1.54, 1.807) is 0 Å². The van der Waals surface area contributed by atoms with E-state index in [1.807, 2.05) is 4.68 Å². The molecule has 0 fully saturated rings. The Morgan fingerprint density at radius 2 is 1.95 bits per heavy atom. The molecule has 0 radical (unpaired) electrons. The number of nitrogens with zero attached hydrogens (tertiary/aromatic N) is 4. The van der Waals surface area contributed by atoms with Crippen molar-refractivity contribution in [2.75, 3.05) is 5.32 Å². The van der Waals surface area contributed by atoms with Crippen molar-refractivity contribution in [2.45, 2.75) is 60.7 Å². The molecule has 124 valence electrons. The highest BCUT2D eigenvalue weighted by molar-refractivity contribution is 5.85. The lowest BCUT2D eigenvalue weighted by Gasteiger charge is -2.06. The predicted molar refractivity (Wildman–Crippen MR) is 93.6 cm³/mol. The topological polar surface area (TPSA) is 47.7 Å². The third-order valence-electron chi connectivity index (χ3n) is 3.48. The SMILES string of the molecule is CCCn1cc(CNc2cc(C)n(CC(C)C)n2)c(C)n1.Cl. The Morgan fingerprint density at radius 1 is 1.23 bits per heavy atom. The molecule has 0 saturated carbocycles. The Kier molecular flexibility index (Phi) is 6.94. The molecule has 0 spiro atoms. The van der Waals surface area contributed by atoms with Gasteiger partial charge in [-0.3, -0.25) is 9.36 Å². The van der Waals surface area contributed by atoms with Crippen LogP contribution in [0.4, 0.5) is 5.82 Å². The molecule has 0 unspecified atom stereocenters. The van der Waals surface area contributed by atoms with Crippen LogP contribution in [0, 0.1) is 19.8 Å². The first-order valence-electron chi connectivity index (χ1n) is 7.80. The van der Waals surface area contributed by atoms with Crippen molar-refractivity contribution in [1.29, 1.82) is 0 Å². The molecule has 2 heterocycles. The van der Waals surface area contributed by atoms with Crippen LogP contribution in [0.3, 0.4) is 0 Å². The first-order chi connectivity index (χ1) is 9.99. The average molecular weight is 326 g/mol. The van der Waals surface area contributed by atoms with Crippen molar-refractivity contribution in [3.8, 4) is 0 Å². The number of anilines is 1. The van der Waals surface area contributed by atoms with E-state index in [-0.39, 0.29) is 12.4 Å². The smallest absolute Gasteiger partial charge is 0.148 e. The lowest BCUT2D eigenvalue weighted by molar-refractivity contribution is 0.475. The Bertz CT molecular complexity index is 585. The van der Waals surface area contributed by atoms with Crippen molar-refractivity contribution >= 4 is 18.2 Å². The second-order valence-electron chi connectivity index (χ2n) is 6.10. The van der Waals surface area contributed by atoms with Crippen molar-refractivity contribution < 1.29 is 0 Å². The Balaban J connectivity index is 0.00000242. The second kappa shape index (κ2) is 8.22. The number of rotatable bonds is 7. The molecule has 0 amide bonds. The third kappa shape index (κ3) is 4.77. The van der Waals surface area contributed by atoms with E-state index in [2.05, 4.69) is 67.1 Å². The van der Waals surface area contributed by atoms with Crippen molar-refractivity contribution in [1.82, 2.24) is 19.6 Å². The van der Waals surface area contributed by atoms with Crippen LogP contribution >= 0.6 is 12.4 Å². The van der Waals surface area contributed by atoms with Crippen LogP contribution in [0.25, 0.3) is 0 Å². The molecule has 0 aromatic carbocycles. The van der Waals surface area contributed by atoms with Gasteiger partial charge < -0.3 is 5.32 Å². The minimum absolute atomic E-state index is 0. The van der Waals surface area contributed by atoms with Crippen LogP contribution < -0.4 is 5.32 Å². The van der Waals surface area contributed by atoms with E-state index in [9.17, 15) is 0 Å². The van der Waals surface area contributed by atoms with E-state index < -0.39 is 0 Å². The van der Waals surface area contributed by atoms with Crippen LogP contribution in [-0.2, 0) is 19.6 Å². The minimum atomic E-state index is 0. The van der Waals surface area contributed by atoms with E-state index in [1.165, 1.54) is 11.3 Å². The number of aryl methyl sites for hydroxylation is 3. The lowest BCUT2D eigenvalue weighted by atomic mass is 10.2. The summed E-state index contributed by atoms with van der Waals surface area (Å²) in [6.45, 7) is 13.5. The molecule has 2 rings (SSSR count). The fourth-order valence-corrected chi connectivity index (χ4v) is 2.39. The number of halogens is 1. The summed E-state index contributed by atoms with van der Waals surface area (Å²) in [6.07, 6.45) is 3.23. The van der Waals surface area contributed by atoms with Gasteiger partial charge in [-0.2, -0.15) is 10.2 Å². The molecular formula is C16H28ClN5. The first kappa shape index (κ1) is 18.6. The molecule has 5 nitrogen and oxygen atoms in total. The predicted octanol–water partition coefficient (Wildman–Crippen LogP) is 3.80. The zero-order valence-corrected chi connectivity index (χ0v) is 15.1. The Labute approximate surface area is 139 Å². The van der Waals surface area contributed by atoms with Crippen LogP contribution in [0.15, 0.2) is 12.3 Å². The van der Waals surface area contributed by atoms with Crippen LogP contribution in [0.1, 0.15) is 44.1 Å². The zero-order valence-electron chi connectivity index (χ0n) is 14.3. The fourth-order valence-electron chi connectivity index (χ4n) is 2.39. The lowest BCUT2D eigenvalue weighted by Crippen LogP contribution is -2.08. The summed E-state index contributed by atoms with van der Waals surface area (Å²) >= 11 is 0. The van der Waals surface area contributed by atoms with E-state index in [0.29, 0.717) is 5.92 Å². The maximum Gasteiger partial charge on any atom is 0.148 e. The van der Waals surface area contributed by atoms with Gasteiger partial charge >= 0.3 is 0 Å². The van der Waals surface area contributed by atoms with E-state index in [0.717, 1.165) is 37.6 Å². The number of nitrogens with one attached hydrogen (secondary N) is 1. The van der Waals surface area contributed by atoms with Gasteiger partial charge in [0.25, 0.3) is 0 Å². The van der Waals surface area contributed by atoms with Crippen LogP contribution in [0.2, 0.25) is 0 Å². The van der Waals surface area contributed by atoms with Crippen LogP contribution in [0.5, 0.6) is 0 Å². The maximum absolute atomic E-state index is 4.62. The summed E-state index contributed by atoms with van der Waals surface area (Å²) in [5.41, 5.74) is 3.53. The van der Waals surface area contributed by atoms with Crippen LogP contribution in [-0.4, -0.2) is 19.6 Å². The second-order valence-corrected chi connectivity index (χ2v) is 6.10. The molecule has 2 aromatic rings. The number of hydrogen-bond donors (Lipinski definition) is 1. The van der Waals surface area contributed by atoms with Crippen molar-refractivity contribution in [3.63, 3.8) is 0 Å². The average Bonchev–Trinajstić information content (AvgIpc) is 2.91. The largest absolute Gasteiger partial charge is 0.364 e. The number of hydrogen-bond acceptors (Lipinski definition) is 3. The van der Waals surface area contributed by atoms with Gasteiger partial charge in [-0.25, -0.2) is 0 Å². The molecule has 0 aliphatic heterocycles. The van der Waals surface area contributed by atoms with Crippen molar-refractivity contribution in [3.05, 3.63) is 29.2 Å². The molecule has 0 aliphatic rings. The van der Waals surface area contributed by atoms with Gasteiger partial charge in [0.2, 0.25) is 0 Å². The quantitative estimate of drug-likeness (QED) is 0.842. The summed E-state index contributed by atoms with van der Waals surface area (Å²) in [5, 5.41) is 12.5. The fraction of sp³-hybridized carbons (Fsp3) is 0.625. The van der Waals surface area contributed by atoms with Gasteiger partial charge in [0.05, 0.1) is 5.69 Å². The molecule has 0 aliphatic carbocycles. The van der Waals surface area contributed by atoms with E-state index in [4.69, 9.17) is 0 Å². The summed E-state index contributed by atoms with van der Waals surface area (Å²) in [7, 11) is 0. The highest BCUT2D eigenvalue weighted by Crippen LogP contribution is 2.13. The van der Waals surface area contributed by atoms with Gasteiger partial charge in [0.1, 0.15) is 5.82 Å². The normalized spacial score (nSPS) is 10.8. The molecule has 0 saturated heterocycles. The molecule has 6 heteroatoms. The number of aromatic nitrogens is 4. The molecule has 0 bridgehead atoms. The Morgan fingerprint density at radius 3 is 2.59 bits per heavy atom. The third-order valence-corrected chi connectivity index (χ3v) is 3.48. The summed E-state index contributed by atoms with van der Waals surface area (Å²) in [4.78, 5) is 0. The zero-order chi connectivity index (χ0) is 15.4.